The molecule has 0 aromatic carbocycles. The molecule has 0 radical (unpaired) electrons. The summed E-state index contributed by atoms with van der Waals surface area (Å²) in [5.41, 5.74) is -0.233. The molecule has 0 bridgehead atoms. The fourth-order valence-electron chi connectivity index (χ4n) is 1.30. The average molecular weight is 223 g/mol. The molecule has 0 atom stereocenters. The maximum Gasteiger partial charge on any atom is 0.219 e. The normalized spacial score (nSPS) is 11.3. The number of nitrogens with zero attached hydrogens (tertiary/aromatic N) is 2. The lowest BCUT2D eigenvalue weighted by Crippen LogP contribution is -2.24. The van der Waals surface area contributed by atoms with Crippen LogP contribution in [0.1, 0.15) is 39.9 Å². The number of nitrogens with one attached hydrogen (secondary N) is 1. The summed E-state index contributed by atoms with van der Waals surface area (Å²) >= 11 is 0. The van der Waals surface area contributed by atoms with Gasteiger partial charge in [-0.1, -0.05) is 6.92 Å². The summed E-state index contributed by atoms with van der Waals surface area (Å²) in [6.45, 7) is 8.13. The van der Waals surface area contributed by atoms with Crippen molar-refractivity contribution in [2.75, 3.05) is 12.4 Å². The molecule has 0 unspecified atom stereocenters. The number of aryl methyl sites for hydroxylation is 1. The first-order valence-corrected chi connectivity index (χ1v) is 5.69. The Hall–Kier alpha value is -1.32. The van der Waals surface area contributed by atoms with Crippen molar-refractivity contribution >= 4 is 5.82 Å². The van der Waals surface area contributed by atoms with E-state index >= 15 is 0 Å². The minimum Gasteiger partial charge on any atom is -0.472 e. The van der Waals surface area contributed by atoms with Crippen LogP contribution in [0.25, 0.3) is 0 Å². The lowest BCUT2D eigenvalue weighted by molar-refractivity contribution is 0.123. The van der Waals surface area contributed by atoms with Gasteiger partial charge in [-0.15, -0.1) is 0 Å². The van der Waals surface area contributed by atoms with Gasteiger partial charge in [0.2, 0.25) is 5.88 Å². The molecule has 1 heterocycles. The minimum absolute atomic E-state index is 0.233. The SMILES string of the molecule is CCCc1nc(NC)cc(OC(C)(C)C)n1. The highest BCUT2D eigenvalue weighted by atomic mass is 16.5. The van der Waals surface area contributed by atoms with Crippen LogP contribution in [0.5, 0.6) is 5.88 Å². The van der Waals surface area contributed by atoms with Crippen molar-refractivity contribution < 1.29 is 4.74 Å². The number of ether oxygens (including phenoxy) is 1. The predicted molar refractivity (Wildman–Crippen MR) is 66.0 cm³/mol. The second-order valence-corrected chi connectivity index (χ2v) is 4.72. The van der Waals surface area contributed by atoms with Crippen molar-refractivity contribution in [1.29, 1.82) is 0 Å². The van der Waals surface area contributed by atoms with Gasteiger partial charge in [-0.2, -0.15) is 4.98 Å². The van der Waals surface area contributed by atoms with E-state index in [4.69, 9.17) is 4.74 Å². The van der Waals surface area contributed by atoms with E-state index in [1.54, 1.807) is 0 Å². The van der Waals surface area contributed by atoms with Gasteiger partial charge in [-0.05, 0) is 27.2 Å². The molecule has 1 N–H and O–H groups in total. The number of rotatable bonds is 4. The van der Waals surface area contributed by atoms with Crippen LogP contribution in [-0.4, -0.2) is 22.6 Å². The van der Waals surface area contributed by atoms with E-state index in [1.165, 1.54) is 0 Å². The van der Waals surface area contributed by atoms with Crippen LogP contribution in [0.4, 0.5) is 5.82 Å². The van der Waals surface area contributed by atoms with Gasteiger partial charge >= 0.3 is 0 Å². The average Bonchev–Trinajstić information content (AvgIpc) is 2.15. The zero-order valence-corrected chi connectivity index (χ0v) is 10.8. The molecule has 0 spiro atoms. The Balaban J connectivity index is 2.95. The molecule has 0 amide bonds. The molecule has 0 aliphatic carbocycles. The Bertz CT molecular complexity index is 345. The van der Waals surface area contributed by atoms with E-state index in [-0.39, 0.29) is 5.60 Å². The summed E-state index contributed by atoms with van der Waals surface area (Å²) in [5.74, 6) is 2.27. The summed E-state index contributed by atoms with van der Waals surface area (Å²) in [4.78, 5) is 8.75. The quantitative estimate of drug-likeness (QED) is 0.852. The van der Waals surface area contributed by atoms with Crippen LogP contribution >= 0.6 is 0 Å². The van der Waals surface area contributed by atoms with Crippen molar-refractivity contribution in [2.24, 2.45) is 0 Å². The standard InChI is InChI=1S/C12H21N3O/c1-6-7-9-14-10(13-5)8-11(15-9)16-12(2,3)4/h8H,6-7H2,1-5H3,(H,13,14,15). The first-order valence-electron chi connectivity index (χ1n) is 5.69. The monoisotopic (exact) mass is 223 g/mol. The molecular weight excluding hydrogens is 202 g/mol. The molecule has 0 saturated carbocycles. The van der Waals surface area contributed by atoms with E-state index in [9.17, 15) is 0 Å². The van der Waals surface area contributed by atoms with Gasteiger partial charge in [0.25, 0.3) is 0 Å². The van der Waals surface area contributed by atoms with Crippen LogP contribution in [0.2, 0.25) is 0 Å². The van der Waals surface area contributed by atoms with Gasteiger partial charge in [-0.3, -0.25) is 0 Å². The molecule has 90 valence electrons. The number of hydrogen-bond acceptors (Lipinski definition) is 4. The Labute approximate surface area is 97.5 Å². The first-order chi connectivity index (χ1) is 7.44. The molecule has 16 heavy (non-hydrogen) atoms. The van der Waals surface area contributed by atoms with Crippen LogP contribution in [0.3, 0.4) is 0 Å². The lowest BCUT2D eigenvalue weighted by Gasteiger charge is -2.20. The van der Waals surface area contributed by atoms with E-state index in [2.05, 4.69) is 22.2 Å². The minimum atomic E-state index is -0.233. The third-order valence-corrected chi connectivity index (χ3v) is 1.89. The highest BCUT2D eigenvalue weighted by molar-refractivity contribution is 5.37. The molecule has 0 fully saturated rings. The molecule has 0 aliphatic rings. The van der Waals surface area contributed by atoms with Gasteiger partial charge in [0.15, 0.2) is 0 Å². The summed E-state index contributed by atoms with van der Waals surface area (Å²) in [6, 6.07) is 1.82. The summed E-state index contributed by atoms with van der Waals surface area (Å²) < 4.78 is 5.74. The fourth-order valence-corrected chi connectivity index (χ4v) is 1.30. The van der Waals surface area contributed by atoms with E-state index in [0.29, 0.717) is 5.88 Å². The number of hydrogen-bond donors (Lipinski definition) is 1. The van der Waals surface area contributed by atoms with Crippen molar-refractivity contribution in [3.63, 3.8) is 0 Å². The Morgan fingerprint density at radius 3 is 2.50 bits per heavy atom. The molecule has 1 rings (SSSR count). The van der Waals surface area contributed by atoms with Gasteiger partial charge in [0.05, 0.1) is 0 Å². The first kappa shape index (κ1) is 12.7. The van der Waals surface area contributed by atoms with Gasteiger partial charge in [0, 0.05) is 19.5 Å². The zero-order chi connectivity index (χ0) is 12.2. The molecule has 1 aromatic rings. The third kappa shape index (κ3) is 4.04. The van der Waals surface area contributed by atoms with Crippen LogP contribution < -0.4 is 10.1 Å². The summed E-state index contributed by atoms with van der Waals surface area (Å²) in [5, 5.41) is 3.02. The van der Waals surface area contributed by atoms with Crippen molar-refractivity contribution in [3.8, 4) is 5.88 Å². The van der Waals surface area contributed by atoms with Gasteiger partial charge < -0.3 is 10.1 Å². The van der Waals surface area contributed by atoms with Gasteiger partial charge in [-0.25, -0.2) is 4.98 Å². The third-order valence-electron chi connectivity index (χ3n) is 1.89. The number of anilines is 1. The maximum absolute atomic E-state index is 5.74. The topological polar surface area (TPSA) is 47.0 Å². The second-order valence-electron chi connectivity index (χ2n) is 4.72. The molecule has 4 heteroatoms. The highest BCUT2D eigenvalue weighted by Crippen LogP contribution is 2.19. The lowest BCUT2D eigenvalue weighted by atomic mass is 10.2. The largest absolute Gasteiger partial charge is 0.472 e. The Morgan fingerprint density at radius 2 is 2.00 bits per heavy atom. The molecule has 0 saturated heterocycles. The van der Waals surface area contributed by atoms with Crippen molar-refractivity contribution in [2.45, 2.75) is 46.1 Å². The Kier molecular flexibility index (Phi) is 4.10. The highest BCUT2D eigenvalue weighted by Gasteiger charge is 2.14. The second kappa shape index (κ2) is 5.14. The molecule has 4 nitrogen and oxygen atoms in total. The molecule has 0 aliphatic heterocycles. The maximum atomic E-state index is 5.74. The smallest absolute Gasteiger partial charge is 0.219 e. The summed E-state index contributed by atoms with van der Waals surface area (Å²) in [7, 11) is 1.85. The Morgan fingerprint density at radius 1 is 1.31 bits per heavy atom. The van der Waals surface area contributed by atoms with E-state index in [1.807, 2.05) is 33.9 Å². The fraction of sp³-hybridized carbons (Fsp3) is 0.667. The van der Waals surface area contributed by atoms with Crippen LogP contribution in [0, 0.1) is 0 Å². The van der Waals surface area contributed by atoms with Crippen molar-refractivity contribution in [3.05, 3.63) is 11.9 Å². The van der Waals surface area contributed by atoms with Crippen LogP contribution in [-0.2, 0) is 6.42 Å². The summed E-state index contributed by atoms with van der Waals surface area (Å²) in [6.07, 6.45) is 1.90. The van der Waals surface area contributed by atoms with Gasteiger partial charge in [0.1, 0.15) is 17.2 Å². The molecular formula is C12H21N3O. The number of aromatic nitrogens is 2. The van der Waals surface area contributed by atoms with E-state index < -0.39 is 0 Å². The predicted octanol–water partition coefficient (Wildman–Crippen LogP) is 2.65. The molecule has 1 aromatic heterocycles. The van der Waals surface area contributed by atoms with Crippen LogP contribution in [0.15, 0.2) is 6.07 Å². The zero-order valence-electron chi connectivity index (χ0n) is 10.8. The van der Waals surface area contributed by atoms with E-state index in [0.717, 1.165) is 24.5 Å². The van der Waals surface area contributed by atoms with Crippen molar-refractivity contribution in [1.82, 2.24) is 9.97 Å².